The van der Waals surface area contributed by atoms with Gasteiger partial charge < -0.3 is 19.8 Å². The maximum Gasteiger partial charge on any atom is 1.00 e. The van der Waals surface area contributed by atoms with Crippen molar-refractivity contribution in [2.45, 2.75) is 33.1 Å². The van der Waals surface area contributed by atoms with Gasteiger partial charge in [0.05, 0.1) is 0 Å². The largest absolute Gasteiger partial charge is 1.00 e. The summed E-state index contributed by atoms with van der Waals surface area (Å²) in [6, 6.07) is 5.48. The second kappa shape index (κ2) is 7.65. The normalized spacial score (nSPS) is 11.1. The summed E-state index contributed by atoms with van der Waals surface area (Å²) in [7, 11) is -4.64. The van der Waals surface area contributed by atoms with E-state index in [1.807, 2.05) is 19.1 Å². The molecule has 0 radical (unpaired) electrons. The van der Waals surface area contributed by atoms with Crippen LogP contribution in [0.2, 0.25) is 0 Å². The van der Waals surface area contributed by atoms with Gasteiger partial charge in [-0.25, -0.2) is 4.57 Å². The Morgan fingerprint density at radius 3 is 1.83 bits per heavy atom. The maximum absolute atomic E-state index is 11.4. The van der Waals surface area contributed by atoms with Crippen LogP contribution in [0.15, 0.2) is 18.2 Å². The van der Waals surface area contributed by atoms with Crippen LogP contribution in [0.1, 0.15) is 31.9 Å². The van der Waals surface area contributed by atoms with Crippen LogP contribution in [0.5, 0.6) is 5.75 Å². The fourth-order valence-corrected chi connectivity index (χ4v) is 1.23. The zero-order valence-electron chi connectivity index (χ0n) is 11.3. The standard InChI is InChI=1S/C11H16O.Na.H3O4P/c1-8-5-6-10(12)9(7-8)11(2,3)4;;1-5(2,3)4/h5-7,12H,1-4H3;;(H3,1,2,3,4)/q;+1;/p-1. The predicted molar refractivity (Wildman–Crippen MR) is 63.6 cm³/mol. The van der Waals surface area contributed by atoms with Crippen LogP contribution in [-0.4, -0.2) is 14.7 Å². The van der Waals surface area contributed by atoms with Gasteiger partial charge in [-0.3, -0.25) is 0 Å². The van der Waals surface area contributed by atoms with Crippen molar-refractivity contribution < 1.29 is 53.9 Å². The van der Waals surface area contributed by atoms with Crippen molar-refractivity contribution in [2.24, 2.45) is 0 Å². The van der Waals surface area contributed by atoms with Crippen LogP contribution in [0.25, 0.3) is 0 Å². The quantitative estimate of drug-likeness (QED) is 0.395. The Morgan fingerprint density at radius 1 is 1.17 bits per heavy atom. The van der Waals surface area contributed by atoms with Crippen molar-refractivity contribution in [2.75, 3.05) is 0 Å². The molecule has 0 aromatic heterocycles. The molecule has 98 valence electrons. The van der Waals surface area contributed by atoms with Gasteiger partial charge in [0.2, 0.25) is 0 Å². The van der Waals surface area contributed by atoms with Gasteiger partial charge in [-0.15, -0.1) is 5.75 Å². The van der Waals surface area contributed by atoms with Gasteiger partial charge in [0.1, 0.15) is 0 Å². The van der Waals surface area contributed by atoms with Gasteiger partial charge >= 0.3 is 37.4 Å². The van der Waals surface area contributed by atoms with Crippen LogP contribution in [0.4, 0.5) is 0 Å². The first-order chi connectivity index (χ1) is 7.41. The molecule has 0 spiro atoms. The summed E-state index contributed by atoms with van der Waals surface area (Å²) in [5.41, 5.74) is 2.02. The van der Waals surface area contributed by atoms with E-state index in [4.69, 9.17) is 19.2 Å². The Labute approximate surface area is 129 Å². The SMILES string of the molecule is Cc1ccc([O-])c(C(C)(C)C)c1.O=P(O)(O)O.[Na+]. The van der Waals surface area contributed by atoms with E-state index in [1.165, 1.54) is 0 Å². The number of benzene rings is 1. The van der Waals surface area contributed by atoms with Crippen molar-refractivity contribution in [1.29, 1.82) is 0 Å². The van der Waals surface area contributed by atoms with Crippen LogP contribution in [0, 0.1) is 6.92 Å². The van der Waals surface area contributed by atoms with E-state index in [0.29, 0.717) is 0 Å². The fourth-order valence-electron chi connectivity index (χ4n) is 1.23. The van der Waals surface area contributed by atoms with E-state index in [2.05, 4.69) is 20.8 Å². The number of aryl methyl sites for hydroxylation is 1. The average Bonchev–Trinajstić information content (AvgIpc) is 2.04. The topological polar surface area (TPSA) is 101 Å². The molecule has 7 heteroatoms. The van der Waals surface area contributed by atoms with Crippen LogP contribution in [-0.2, 0) is 9.98 Å². The number of rotatable bonds is 0. The Morgan fingerprint density at radius 2 is 1.56 bits per heavy atom. The monoisotopic (exact) mass is 284 g/mol. The summed E-state index contributed by atoms with van der Waals surface area (Å²) < 4.78 is 8.88. The molecule has 1 rings (SSSR count). The second-order valence-corrected chi connectivity index (χ2v) is 5.79. The van der Waals surface area contributed by atoms with Crippen molar-refractivity contribution >= 4 is 7.82 Å². The second-order valence-electron chi connectivity index (χ2n) is 4.76. The molecular formula is C11H18NaO5P. The molecule has 5 nitrogen and oxygen atoms in total. The molecule has 18 heavy (non-hydrogen) atoms. The van der Waals surface area contributed by atoms with Gasteiger partial charge in [-0.05, 0) is 12.3 Å². The first kappa shape index (κ1) is 20.4. The van der Waals surface area contributed by atoms with Crippen LogP contribution < -0.4 is 34.7 Å². The Kier molecular flexibility index (Phi) is 8.70. The molecule has 0 saturated carbocycles. The fraction of sp³-hybridized carbons (Fsp3) is 0.455. The van der Waals surface area contributed by atoms with E-state index in [9.17, 15) is 5.11 Å². The zero-order valence-corrected chi connectivity index (χ0v) is 14.2. The molecule has 0 atom stereocenters. The molecular weight excluding hydrogens is 266 g/mol. The minimum absolute atomic E-state index is 0. The predicted octanol–water partition coefficient (Wildman–Crippen LogP) is -1.56. The third kappa shape index (κ3) is 10.1. The summed E-state index contributed by atoms with van der Waals surface area (Å²) >= 11 is 0. The van der Waals surface area contributed by atoms with Crippen molar-refractivity contribution in [3.8, 4) is 5.75 Å². The van der Waals surface area contributed by atoms with Crippen molar-refractivity contribution in [3.63, 3.8) is 0 Å². The molecule has 1 aromatic carbocycles. The van der Waals surface area contributed by atoms with E-state index < -0.39 is 7.82 Å². The zero-order chi connectivity index (χ0) is 13.9. The Bertz CT molecular complexity index is 414. The maximum atomic E-state index is 11.4. The average molecular weight is 284 g/mol. The van der Waals surface area contributed by atoms with Gasteiger partial charge in [0.15, 0.2) is 0 Å². The summed E-state index contributed by atoms with van der Waals surface area (Å²) in [6.45, 7) is 8.18. The van der Waals surface area contributed by atoms with E-state index >= 15 is 0 Å². The van der Waals surface area contributed by atoms with Gasteiger partial charge in [0.25, 0.3) is 0 Å². The van der Waals surface area contributed by atoms with E-state index in [1.54, 1.807) is 6.07 Å². The molecule has 0 saturated heterocycles. The summed E-state index contributed by atoms with van der Waals surface area (Å²) in [5.74, 6) is 0.146. The minimum Gasteiger partial charge on any atom is -0.872 e. The smallest absolute Gasteiger partial charge is 0.872 e. The Hall–Kier alpha value is 0.130. The first-order valence-corrected chi connectivity index (χ1v) is 6.54. The first-order valence-electron chi connectivity index (χ1n) is 4.97. The summed E-state index contributed by atoms with van der Waals surface area (Å²) in [5, 5.41) is 11.4. The van der Waals surface area contributed by atoms with Gasteiger partial charge in [0, 0.05) is 0 Å². The van der Waals surface area contributed by atoms with Gasteiger partial charge in [-0.1, -0.05) is 50.1 Å². The third-order valence-corrected chi connectivity index (χ3v) is 1.94. The molecule has 0 unspecified atom stereocenters. The third-order valence-electron chi connectivity index (χ3n) is 1.94. The summed E-state index contributed by atoms with van der Waals surface area (Å²) in [4.78, 5) is 21.6. The van der Waals surface area contributed by atoms with Crippen LogP contribution >= 0.6 is 7.82 Å². The molecule has 0 aliphatic carbocycles. The van der Waals surface area contributed by atoms with Crippen LogP contribution in [0.3, 0.4) is 0 Å². The molecule has 0 aliphatic heterocycles. The minimum atomic E-state index is -4.64. The Balaban J connectivity index is 0. The molecule has 0 fully saturated rings. The van der Waals surface area contributed by atoms with Crippen molar-refractivity contribution in [3.05, 3.63) is 29.3 Å². The number of hydrogen-bond donors (Lipinski definition) is 3. The molecule has 0 amide bonds. The van der Waals surface area contributed by atoms with Gasteiger partial charge in [-0.2, -0.15) is 0 Å². The summed E-state index contributed by atoms with van der Waals surface area (Å²) in [6.07, 6.45) is 0. The molecule has 1 aromatic rings. The number of hydrogen-bond acceptors (Lipinski definition) is 2. The van der Waals surface area contributed by atoms with E-state index in [-0.39, 0.29) is 40.7 Å². The van der Waals surface area contributed by atoms with Crippen molar-refractivity contribution in [1.82, 2.24) is 0 Å². The molecule has 3 N–H and O–H groups in total. The molecule has 0 bridgehead atoms. The molecule has 0 heterocycles. The molecule has 0 aliphatic rings. The number of phosphoric acid groups is 1. The van der Waals surface area contributed by atoms with E-state index in [0.717, 1.165) is 11.1 Å².